The van der Waals surface area contributed by atoms with Crippen molar-refractivity contribution in [2.45, 2.75) is 6.92 Å². The largest absolute Gasteiger partial charge is 0.462 e. The first-order valence-electron chi connectivity index (χ1n) is 5.63. The molecule has 0 saturated carbocycles. The summed E-state index contributed by atoms with van der Waals surface area (Å²) in [5.74, 6) is -0.430. The van der Waals surface area contributed by atoms with Crippen LogP contribution in [0, 0.1) is 0 Å². The predicted molar refractivity (Wildman–Crippen MR) is 71.5 cm³/mol. The Labute approximate surface area is 111 Å². The van der Waals surface area contributed by atoms with Gasteiger partial charge in [-0.3, -0.25) is 4.79 Å². The van der Waals surface area contributed by atoms with E-state index in [2.05, 4.69) is 15.0 Å². The first-order valence-corrected chi connectivity index (χ1v) is 6.45. The molecule has 0 atom stereocenters. The number of rotatable bonds is 2. The molecule has 3 aromatic rings. The molecule has 1 N–H and O–H groups in total. The van der Waals surface area contributed by atoms with Crippen molar-refractivity contribution in [3.8, 4) is 0 Å². The van der Waals surface area contributed by atoms with Gasteiger partial charge in [-0.1, -0.05) is 0 Å². The van der Waals surface area contributed by atoms with Crippen LogP contribution >= 0.6 is 11.3 Å². The number of carbonyl (C=O) groups excluding carboxylic acids is 1. The lowest BCUT2D eigenvalue weighted by Crippen LogP contribution is -2.05. The Morgan fingerprint density at radius 3 is 3.11 bits per heavy atom. The van der Waals surface area contributed by atoms with Gasteiger partial charge in [-0.2, -0.15) is 0 Å². The number of nitrogens with one attached hydrogen (secondary N) is 1. The van der Waals surface area contributed by atoms with Crippen LogP contribution in [0.3, 0.4) is 0 Å². The average molecular weight is 275 g/mol. The Morgan fingerprint density at radius 1 is 1.47 bits per heavy atom. The van der Waals surface area contributed by atoms with Gasteiger partial charge in [0.05, 0.1) is 24.0 Å². The summed E-state index contributed by atoms with van der Waals surface area (Å²) in [7, 11) is 0. The molecular formula is C12H9N3O3S. The lowest BCUT2D eigenvalue weighted by atomic mass is 10.2. The summed E-state index contributed by atoms with van der Waals surface area (Å²) in [5, 5.41) is 0.691. The van der Waals surface area contributed by atoms with Crippen molar-refractivity contribution in [3.63, 3.8) is 0 Å². The number of ether oxygens (including phenoxy) is 1. The number of aromatic amines is 1. The van der Waals surface area contributed by atoms with Crippen molar-refractivity contribution in [1.82, 2.24) is 15.0 Å². The molecule has 0 amide bonds. The highest BCUT2D eigenvalue weighted by atomic mass is 32.1. The average Bonchev–Trinajstić information content (AvgIpc) is 2.78. The second-order valence-corrected chi connectivity index (χ2v) is 4.81. The topological polar surface area (TPSA) is 84.9 Å². The number of fused-ring (bicyclic) bond motifs is 3. The van der Waals surface area contributed by atoms with E-state index in [9.17, 15) is 9.59 Å². The summed E-state index contributed by atoms with van der Waals surface area (Å²) < 4.78 is 5.43. The highest BCUT2D eigenvalue weighted by Gasteiger charge is 2.14. The summed E-state index contributed by atoms with van der Waals surface area (Å²) in [4.78, 5) is 34.8. The molecule has 0 aliphatic carbocycles. The van der Waals surface area contributed by atoms with E-state index < -0.39 is 5.97 Å². The minimum atomic E-state index is -0.430. The van der Waals surface area contributed by atoms with E-state index in [0.29, 0.717) is 32.6 Å². The van der Waals surface area contributed by atoms with Crippen LogP contribution in [0.2, 0.25) is 0 Å². The third-order valence-electron chi connectivity index (χ3n) is 2.63. The van der Waals surface area contributed by atoms with Gasteiger partial charge < -0.3 is 9.72 Å². The first kappa shape index (κ1) is 11.8. The van der Waals surface area contributed by atoms with Crippen molar-refractivity contribution < 1.29 is 9.53 Å². The fourth-order valence-corrected chi connectivity index (χ4v) is 2.77. The Hall–Kier alpha value is -2.28. The predicted octanol–water partition coefficient (Wildman–Crippen LogP) is 1.71. The fraction of sp³-hybridized carbons (Fsp3) is 0.167. The smallest absolute Gasteiger partial charge is 0.339 e. The van der Waals surface area contributed by atoms with Crippen LogP contribution in [0.4, 0.5) is 0 Å². The molecule has 3 heterocycles. The third kappa shape index (κ3) is 1.88. The van der Waals surface area contributed by atoms with Gasteiger partial charge in [0, 0.05) is 11.6 Å². The minimum Gasteiger partial charge on any atom is -0.462 e. The van der Waals surface area contributed by atoms with Crippen LogP contribution in [0.25, 0.3) is 20.4 Å². The second kappa shape index (κ2) is 4.43. The Balaban J connectivity index is 2.27. The van der Waals surface area contributed by atoms with Crippen LogP contribution in [-0.2, 0) is 4.74 Å². The Bertz CT molecular complexity index is 837. The number of carbonyl (C=O) groups is 1. The molecule has 6 nitrogen and oxygen atoms in total. The molecule has 3 rings (SSSR count). The lowest BCUT2D eigenvalue weighted by Gasteiger charge is -2.00. The van der Waals surface area contributed by atoms with Crippen molar-refractivity contribution in [1.29, 1.82) is 0 Å². The van der Waals surface area contributed by atoms with Gasteiger partial charge in [0.15, 0.2) is 0 Å². The molecule has 19 heavy (non-hydrogen) atoms. The van der Waals surface area contributed by atoms with Crippen LogP contribution in [-0.4, -0.2) is 27.5 Å². The number of aromatic nitrogens is 3. The van der Waals surface area contributed by atoms with Gasteiger partial charge in [-0.15, -0.1) is 11.3 Å². The molecule has 0 bridgehead atoms. The SMILES string of the molecule is CCOC(=O)c1cnc2sc3c(=O)[nH]cnc3c2c1. The highest BCUT2D eigenvalue weighted by molar-refractivity contribution is 7.25. The summed E-state index contributed by atoms with van der Waals surface area (Å²) in [6.07, 6.45) is 2.79. The molecule has 3 aromatic heterocycles. The molecule has 0 aliphatic heterocycles. The van der Waals surface area contributed by atoms with Crippen LogP contribution < -0.4 is 5.56 Å². The molecule has 7 heteroatoms. The molecule has 0 fully saturated rings. The van der Waals surface area contributed by atoms with Crippen molar-refractivity contribution in [3.05, 3.63) is 34.5 Å². The van der Waals surface area contributed by atoms with Crippen LogP contribution in [0.5, 0.6) is 0 Å². The summed E-state index contributed by atoms with van der Waals surface area (Å²) in [5.41, 5.74) is 0.712. The Kier molecular flexibility index (Phi) is 2.75. The maximum Gasteiger partial charge on any atom is 0.339 e. The number of nitrogens with zero attached hydrogens (tertiary/aromatic N) is 2. The molecule has 96 valence electrons. The summed E-state index contributed by atoms with van der Waals surface area (Å²) >= 11 is 1.25. The van der Waals surface area contributed by atoms with Crippen molar-refractivity contribution in [2.75, 3.05) is 6.61 Å². The molecule has 0 unspecified atom stereocenters. The maximum atomic E-state index is 11.7. The van der Waals surface area contributed by atoms with E-state index in [4.69, 9.17) is 4.74 Å². The zero-order valence-corrected chi connectivity index (χ0v) is 10.8. The number of esters is 1. The standard InChI is InChI=1S/C12H9N3O3S/c1-2-18-12(17)6-3-7-8-9(10(16)15-5-14-8)19-11(7)13-4-6/h3-5H,2H2,1H3,(H,14,15,16). The molecule has 0 aromatic carbocycles. The summed E-state index contributed by atoms with van der Waals surface area (Å²) in [6.45, 7) is 2.05. The lowest BCUT2D eigenvalue weighted by molar-refractivity contribution is 0.0526. The Morgan fingerprint density at radius 2 is 2.32 bits per heavy atom. The van der Waals surface area contributed by atoms with E-state index in [-0.39, 0.29) is 5.56 Å². The maximum absolute atomic E-state index is 11.7. The molecule has 0 saturated heterocycles. The molecule has 0 aliphatic rings. The van der Waals surface area contributed by atoms with Gasteiger partial charge >= 0.3 is 5.97 Å². The number of hydrogen-bond donors (Lipinski definition) is 1. The van der Waals surface area contributed by atoms with E-state index in [1.807, 2.05) is 0 Å². The van der Waals surface area contributed by atoms with Crippen molar-refractivity contribution >= 4 is 37.7 Å². The van der Waals surface area contributed by atoms with Gasteiger partial charge in [0.25, 0.3) is 5.56 Å². The summed E-state index contributed by atoms with van der Waals surface area (Å²) in [6, 6.07) is 1.66. The van der Waals surface area contributed by atoms with E-state index >= 15 is 0 Å². The zero-order chi connectivity index (χ0) is 13.4. The number of thiophene rings is 1. The number of hydrogen-bond acceptors (Lipinski definition) is 6. The van der Waals surface area contributed by atoms with Gasteiger partial charge in [-0.05, 0) is 13.0 Å². The van der Waals surface area contributed by atoms with Crippen molar-refractivity contribution in [2.24, 2.45) is 0 Å². The quantitative estimate of drug-likeness (QED) is 0.720. The molecule has 0 radical (unpaired) electrons. The first-order chi connectivity index (χ1) is 9.20. The molecule has 0 spiro atoms. The van der Waals surface area contributed by atoms with E-state index in [1.54, 1.807) is 13.0 Å². The highest BCUT2D eigenvalue weighted by Crippen LogP contribution is 2.28. The minimum absolute atomic E-state index is 0.203. The van der Waals surface area contributed by atoms with E-state index in [0.717, 1.165) is 0 Å². The number of pyridine rings is 1. The fourth-order valence-electron chi connectivity index (χ4n) is 1.80. The third-order valence-corrected chi connectivity index (χ3v) is 3.73. The van der Waals surface area contributed by atoms with Gasteiger partial charge in [0.2, 0.25) is 0 Å². The van der Waals surface area contributed by atoms with Crippen LogP contribution in [0.1, 0.15) is 17.3 Å². The van der Waals surface area contributed by atoms with Gasteiger partial charge in [-0.25, -0.2) is 14.8 Å². The van der Waals surface area contributed by atoms with Crippen LogP contribution in [0.15, 0.2) is 23.4 Å². The normalized spacial score (nSPS) is 11.0. The monoisotopic (exact) mass is 275 g/mol. The number of H-pyrrole nitrogens is 1. The second-order valence-electron chi connectivity index (χ2n) is 3.81. The van der Waals surface area contributed by atoms with E-state index in [1.165, 1.54) is 23.9 Å². The zero-order valence-electron chi connectivity index (χ0n) is 9.97. The molecular weight excluding hydrogens is 266 g/mol. The van der Waals surface area contributed by atoms with Gasteiger partial charge in [0.1, 0.15) is 9.53 Å².